The number of allylic oxidation sites excluding steroid dienone is 1. The number of benzene rings is 1. The van der Waals surface area contributed by atoms with Crippen LogP contribution >= 0.6 is 0 Å². The molecule has 6 heteroatoms. The highest BCUT2D eigenvalue weighted by atomic mass is 19.1. The van der Waals surface area contributed by atoms with E-state index in [9.17, 15) is 14.0 Å². The smallest absolute Gasteiger partial charge is 0.411 e. The minimum atomic E-state index is -0.577. The summed E-state index contributed by atoms with van der Waals surface area (Å²) in [6.07, 6.45) is 0.412. The minimum Gasteiger partial charge on any atom is -0.444 e. The van der Waals surface area contributed by atoms with Gasteiger partial charge < -0.3 is 10.1 Å². The van der Waals surface area contributed by atoms with Crippen LogP contribution in [0.2, 0.25) is 0 Å². The summed E-state index contributed by atoms with van der Waals surface area (Å²) in [6, 6.07) is 5.58. The van der Waals surface area contributed by atoms with Crippen LogP contribution in [0.4, 0.5) is 14.9 Å². The lowest BCUT2D eigenvalue weighted by molar-refractivity contribution is -0.119. The maximum Gasteiger partial charge on any atom is 0.411 e. The van der Waals surface area contributed by atoms with Crippen molar-refractivity contribution in [2.45, 2.75) is 46.1 Å². The van der Waals surface area contributed by atoms with E-state index in [0.717, 1.165) is 0 Å². The second-order valence-electron chi connectivity index (χ2n) is 6.67. The molecule has 0 bridgehead atoms. The van der Waals surface area contributed by atoms with Crippen LogP contribution in [-0.2, 0) is 9.53 Å². The van der Waals surface area contributed by atoms with Gasteiger partial charge in [-0.15, -0.1) is 0 Å². The Hall–Kier alpha value is -2.37. The normalized spacial score (nSPS) is 12.2. The fourth-order valence-electron chi connectivity index (χ4n) is 1.83. The molecule has 1 aromatic carbocycles. The zero-order valence-electron chi connectivity index (χ0n) is 14.6. The van der Waals surface area contributed by atoms with E-state index in [1.807, 2.05) is 0 Å². The number of rotatable bonds is 6. The van der Waals surface area contributed by atoms with E-state index >= 15 is 0 Å². The molecule has 0 saturated carbocycles. The number of carbonyl (C=O) groups is 2. The van der Waals surface area contributed by atoms with Crippen molar-refractivity contribution in [3.8, 4) is 0 Å². The van der Waals surface area contributed by atoms with Crippen molar-refractivity contribution in [1.29, 1.82) is 0 Å². The topological polar surface area (TPSA) is 67.4 Å². The average Bonchev–Trinajstić information content (AvgIpc) is 2.45. The predicted octanol–water partition coefficient (Wildman–Crippen LogP) is 4.22. The summed E-state index contributed by atoms with van der Waals surface area (Å²) in [5.74, 6) is -0.815. The van der Waals surface area contributed by atoms with Crippen molar-refractivity contribution in [3.63, 3.8) is 0 Å². The van der Waals surface area contributed by atoms with Gasteiger partial charge in [0, 0.05) is 17.3 Å². The van der Waals surface area contributed by atoms with Gasteiger partial charge in [0.25, 0.3) is 0 Å². The van der Waals surface area contributed by atoms with E-state index in [-0.39, 0.29) is 17.6 Å². The maximum atomic E-state index is 12.8. The summed E-state index contributed by atoms with van der Waals surface area (Å²) in [4.78, 5) is 23.7. The fraction of sp³-hybridized carbons (Fsp3) is 0.444. The summed E-state index contributed by atoms with van der Waals surface area (Å²) in [7, 11) is 0. The van der Waals surface area contributed by atoms with Gasteiger partial charge in [0.05, 0.1) is 0 Å². The number of amides is 2. The van der Waals surface area contributed by atoms with E-state index in [0.29, 0.717) is 24.2 Å². The van der Waals surface area contributed by atoms with Gasteiger partial charge in [0.1, 0.15) is 11.4 Å². The third kappa shape index (κ3) is 7.76. The first-order valence-electron chi connectivity index (χ1n) is 7.81. The lowest BCUT2D eigenvalue weighted by Gasteiger charge is -2.20. The van der Waals surface area contributed by atoms with E-state index < -0.39 is 11.7 Å². The molecule has 1 atom stereocenters. The van der Waals surface area contributed by atoms with Crippen LogP contribution in [0, 0.1) is 11.7 Å². The van der Waals surface area contributed by atoms with Crippen LogP contribution in [-0.4, -0.2) is 17.6 Å². The highest BCUT2D eigenvalue weighted by molar-refractivity contribution is 5.92. The van der Waals surface area contributed by atoms with Crippen molar-refractivity contribution >= 4 is 17.7 Å². The monoisotopic (exact) mass is 336 g/mol. The number of carbonyl (C=O) groups excluding carboxylic acids is 2. The molecule has 2 N–H and O–H groups in total. The van der Waals surface area contributed by atoms with Gasteiger partial charge in [-0.05, 0) is 57.9 Å². The number of anilines is 1. The molecule has 0 unspecified atom stereocenters. The van der Waals surface area contributed by atoms with Crippen molar-refractivity contribution < 1.29 is 18.7 Å². The number of ether oxygens (including phenoxy) is 1. The molecule has 0 aliphatic rings. The molecule has 0 radical (unpaired) electrons. The Balaban J connectivity index is 2.37. The zero-order chi connectivity index (χ0) is 18.3. The maximum absolute atomic E-state index is 12.8. The van der Waals surface area contributed by atoms with Crippen LogP contribution in [0.15, 0.2) is 36.5 Å². The summed E-state index contributed by atoms with van der Waals surface area (Å²) in [5.41, 5.74) is 0.455. The van der Waals surface area contributed by atoms with Crippen LogP contribution in [0.3, 0.4) is 0 Å². The molecule has 0 aromatic heterocycles. The highest BCUT2D eigenvalue weighted by Crippen LogP contribution is 2.15. The molecule has 0 aliphatic carbocycles. The summed E-state index contributed by atoms with van der Waals surface area (Å²) < 4.78 is 18.0. The molecule has 0 spiro atoms. The summed E-state index contributed by atoms with van der Waals surface area (Å²) in [6.45, 7) is 10.9. The van der Waals surface area contributed by atoms with E-state index in [1.165, 1.54) is 24.3 Å². The first-order chi connectivity index (χ1) is 11.1. The van der Waals surface area contributed by atoms with Gasteiger partial charge in [-0.25, -0.2) is 9.18 Å². The van der Waals surface area contributed by atoms with Crippen LogP contribution in [0.25, 0.3) is 0 Å². The van der Waals surface area contributed by atoms with Crippen LogP contribution in [0.1, 0.15) is 40.5 Å². The average molecular weight is 336 g/mol. The minimum absolute atomic E-state index is 0.174. The molecule has 2 amide bonds. The molecular weight excluding hydrogens is 311 g/mol. The molecule has 0 saturated heterocycles. The van der Waals surface area contributed by atoms with Crippen LogP contribution < -0.4 is 10.6 Å². The van der Waals surface area contributed by atoms with Crippen LogP contribution in [0.5, 0.6) is 0 Å². The van der Waals surface area contributed by atoms with Crippen molar-refractivity contribution in [1.82, 2.24) is 5.32 Å². The number of halogens is 1. The van der Waals surface area contributed by atoms with Crippen molar-refractivity contribution in [2.24, 2.45) is 5.92 Å². The highest BCUT2D eigenvalue weighted by Gasteiger charge is 2.18. The van der Waals surface area contributed by atoms with Gasteiger partial charge in [-0.1, -0.05) is 13.5 Å². The largest absolute Gasteiger partial charge is 0.444 e. The second-order valence-corrected chi connectivity index (χ2v) is 6.67. The number of hydrogen-bond donors (Lipinski definition) is 2. The van der Waals surface area contributed by atoms with Gasteiger partial charge in [-0.3, -0.25) is 10.1 Å². The molecular formula is C18H25FN2O3. The Bertz CT molecular complexity index is 591. The van der Waals surface area contributed by atoms with E-state index in [2.05, 4.69) is 17.2 Å². The molecule has 24 heavy (non-hydrogen) atoms. The predicted molar refractivity (Wildman–Crippen MR) is 91.9 cm³/mol. The van der Waals surface area contributed by atoms with Crippen molar-refractivity contribution in [3.05, 3.63) is 42.4 Å². The summed E-state index contributed by atoms with van der Waals surface area (Å²) >= 11 is 0. The lowest BCUT2D eigenvalue weighted by atomic mass is 10.0. The first kappa shape index (κ1) is 19.7. The summed E-state index contributed by atoms with van der Waals surface area (Å²) in [5, 5.41) is 5.27. The van der Waals surface area contributed by atoms with E-state index in [4.69, 9.17) is 4.74 Å². The molecule has 1 aromatic rings. The molecule has 132 valence electrons. The fourth-order valence-corrected chi connectivity index (χ4v) is 1.83. The zero-order valence-corrected chi connectivity index (χ0v) is 14.6. The van der Waals surface area contributed by atoms with Gasteiger partial charge in [-0.2, -0.15) is 0 Å². The number of alkyl carbamates (subject to hydrolysis) is 1. The Labute approximate surface area is 142 Å². The quantitative estimate of drug-likeness (QED) is 0.817. The van der Waals surface area contributed by atoms with Gasteiger partial charge >= 0.3 is 6.09 Å². The second kappa shape index (κ2) is 8.47. The third-order valence-corrected chi connectivity index (χ3v) is 3.12. The number of nitrogens with one attached hydrogen (secondary N) is 2. The first-order valence-corrected chi connectivity index (χ1v) is 7.81. The lowest BCUT2D eigenvalue weighted by Crippen LogP contribution is -2.32. The van der Waals surface area contributed by atoms with Crippen molar-refractivity contribution in [2.75, 3.05) is 5.32 Å². The van der Waals surface area contributed by atoms with E-state index in [1.54, 1.807) is 27.7 Å². The Morgan fingerprint density at radius 2 is 1.83 bits per heavy atom. The molecule has 5 nitrogen and oxygen atoms in total. The standard InChI is InChI=1S/C18H25FN2O3/c1-12(16(22)21-15-10-8-14(19)9-11-15)6-7-13(2)20-17(23)24-18(3,4)5/h8-12H,2,6-7H2,1,3-5H3,(H,20,23)(H,21,22)/t12-/m0/s1. The molecule has 0 heterocycles. The molecule has 0 aliphatic heterocycles. The Morgan fingerprint density at radius 1 is 1.25 bits per heavy atom. The Morgan fingerprint density at radius 3 is 2.38 bits per heavy atom. The third-order valence-electron chi connectivity index (χ3n) is 3.12. The molecule has 0 fully saturated rings. The molecule has 1 rings (SSSR count). The van der Waals surface area contributed by atoms with Gasteiger partial charge in [0.2, 0.25) is 5.91 Å². The van der Waals surface area contributed by atoms with Gasteiger partial charge in [0.15, 0.2) is 0 Å². The SMILES string of the molecule is C=C(CC[C@H](C)C(=O)Nc1ccc(F)cc1)NC(=O)OC(C)(C)C. The number of hydrogen-bond acceptors (Lipinski definition) is 3. The Kier molecular flexibility index (Phi) is 6.95.